The molecule has 1 atom stereocenters. The maximum atomic E-state index is 12.9. The summed E-state index contributed by atoms with van der Waals surface area (Å²) in [6.07, 6.45) is 0. The van der Waals surface area contributed by atoms with E-state index < -0.39 is 0 Å². The molecular formula is C19H26N3O3S+. The number of ether oxygens (including phenoxy) is 1. The third-order valence-electron chi connectivity index (χ3n) is 3.98. The van der Waals surface area contributed by atoms with Crippen molar-refractivity contribution in [3.05, 3.63) is 46.7 Å². The van der Waals surface area contributed by atoms with E-state index >= 15 is 0 Å². The van der Waals surface area contributed by atoms with Crippen LogP contribution in [0.25, 0.3) is 0 Å². The van der Waals surface area contributed by atoms with E-state index in [0.717, 1.165) is 21.2 Å². The Morgan fingerprint density at radius 1 is 1.08 bits per heavy atom. The van der Waals surface area contributed by atoms with E-state index in [1.54, 1.807) is 42.3 Å². The van der Waals surface area contributed by atoms with Crippen LogP contribution in [0.2, 0.25) is 0 Å². The highest BCUT2D eigenvalue weighted by atomic mass is 32.1. The van der Waals surface area contributed by atoms with Crippen molar-refractivity contribution in [1.82, 2.24) is 4.90 Å². The second-order valence-corrected chi connectivity index (χ2v) is 7.39. The summed E-state index contributed by atoms with van der Waals surface area (Å²) in [6, 6.07) is 11.4. The zero-order chi connectivity index (χ0) is 19.1. The molecule has 2 rings (SSSR count). The first-order chi connectivity index (χ1) is 12.4. The summed E-state index contributed by atoms with van der Waals surface area (Å²) in [4.78, 5) is 30.1. The number of hydrogen-bond donors (Lipinski definition) is 1. The minimum absolute atomic E-state index is 0.00422. The van der Waals surface area contributed by atoms with Gasteiger partial charge in [0.05, 0.1) is 20.7 Å². The summed E-state index contributed by atoms with van der Waals surface area (Å²) in [7, 11) is 6.91. The topological polar surface area (TPSA) is 54.3 Å². The molecule has 0 fully saturated rings. The number of carbonyl (C=O) groups excluding carboxylic acids is 2. The number of carbonyl (C=O) groups is 2. The van der Waals surface area contributed by atoms with Crippen molar-refractivity contribution in [3.8, 4) is 5.75 Å². The van der Waals surface area contributed by atoms with Crippen LogP contribution in [-0.2, 0) is 16.1 Å². The van der Waals surface area contributed by atoms with Gasteiger partial charge in [-0.25, -0.2) is 0 Å². The quantitative estimate of drug-likeness (QED) is 0.745. The number of nitrogens with one attached hydrogen (secondary N) is 1. The number of rotatable bonds is 8. The Morgan fingerprint density at radius 2 is 1.73 bits per heavy atom. The van der Waals surface area contributed by atoms with E-state index in [1.807, 2.05) is 48.8 Å². The largest absolute Gasteiger partial charge is 0.497 e. The summed E-state index contributed by atoms with van der Waals surface area (Å²) in [5.41, 5.74) is 0.816. The molecule has 6 nitrogen and oxygen atoms in total. The highest BCUT2D eigenvalue weighted by Gasteiger charge is 2.22. The summed E-state index contributed by atoms with van der Waals surface area (Å²) in [5, 5.41) is 2.00. The lowest BCUT2D eigenvalue weighted by atomic mass is 10.2. The molecule has 140 valence electrons. The first-order valence-electron chi connectivity index (χ1n) is 8.39. The van der Waals surface area contributed by atoms with Crippen molar-refractivity contribution in [2.45, 2.75) is 6.54 Å². The molecule has 26 heavy (non-hydrogen) atoms. The lowest BCUT2D eigenvalue weighted by Crippen LogP contribution is -3.11. The first kappa shape index (κ1) is 19.9. The van der Waals surface area contributed by atoms with E-state index in [1.165, 1.54) is 0 Å². The molecular weight excluding hydrogens is 350 g/mol. The number of amides is 2. The third-order valence-corrected chi connectivity index (χ3v) is 4.85. The Labute approximate surface area is 158 Å². The SMILES string of the molecule is COc1ccc(N(Cc2cccs2)C(=O)C[NH+](C)CC(=O)N(C)C)cc1. The third kappa shape index (κ3) is 5.57. The maximum absolute atomic E-state index is 12.9. The Hall–Kier alpha value is -2.38. The molecule has 1 N–H and O–H groups in total. The van der Waals surface area contributed by atoms with Crippen LogP contribution < -0.4 is 14.5 Å². The van der Waals surface area contributed by atoms with Crippen LogP contribution in [0, 0.1) is 0 Å². The van der Waals surface area contributed by atoms with Crippen molar-refractivity contribution in [2.75, 3.05) is 46.2 Å². The average molecular weight is 377 g/mol. The number of nitrogens with zero attached hydrogens (tertiary/aromatic N) is 2. The Balaban J connectivity index is 2.13. The molecule has 2 amide bonds. The van der Waals surface area contributed by atoms with Crippen LogP contribution >= 0.6 is 11.3 Å². The van der Waals surface area contributed by atoms with Crippen LogP contribution in [0.4, 0.5) is 5.69 Å². The Kier molecular flexibility index (Phi) is 7.17. The summed E-state index contributed by atoms with van der Waals surface area (Å²) >= 11 is 1.62. The van der Waals surface area contributed by atoms with E-state index in [0.29, 0.717) is 6.54 Å². The van der Waals surface area contributed by atoms with Crippen LogP contribution in [0.15, 0.2) is 41.8 Å². The molecule has 0 spiro atoms. The molecule has 0 aliphatic heterocycles. The molecule has 0 radical (unpaired) electrons. The first-order valence-corrected chi connectivity index (χ1v) is 9.27. The van der Waals surface area contributed by atoms with Crippen molar-refractivity contribution in [3.63, 3.8) is 0 Å². The number of likely N-dealkylation sites (N-methyl/N-ethyl adjacent to an activating group) is 2. The molecule has 0 saturated heterocycles. The smallest absolute Gasteiger partial charge is 0.282 e. The molecule has 1 unspecified atom stereocenters. The van der Waals surface area contributed by atoms with Gasteiger partial charge in [-0.15, -0.1) is 11.3 Å². The number of thiophene rings is 1. The predicted octanol–water partition coefficient (Wildman–Crippen LogP) is 0.893. The molecule has 1 heterocycles. The predicted molar refractivity (Wildman–Crippen MR) is 104 cm³/mol. The lowest BCUT2D eigenvalue weighted by Gasteiger charge is -2.24. The molecule has 0 saturated carbocycles. The van der Waals surface area contributed by atoms with Gasteiger partial charge < -0.3 is 19.4 Å². The van der Waals surface area contributed by atoms with Crippen molar-refractivity contribution < 1.29 is 19.2 Å². The van der Waals surface area contributed by atoms with Crippen LogP contribution in [0.1, 0.15) is 4.88 Å². The molecule has 1 aromatic heterocycles. The fraction of sp³-hybridized carbons (Fsp3) is 0.368. The highest BCUT2D eigenvalue weighted by Crippen LogP contribution is 2.22. The van der Waals surface area contributed by atoms with Gasteiger partial charge in [-0.05, 0) is 35.7 Å². The fourth-order valence-electron chi connectivity index (χ4n) is 2.48. The average Bonchev–Trinajstić information content (AvgIpc) is 3.12. The van der Waals surface area contributed by atoms with Gasteiger partial charge in [0.2, 0.25) is 0 Å². The maximum Gasteiger partial charge on any atom is 0.282 e. The monoisotopic (exact) mass is 376 g/mol. The molecule has 0 aliphatic rings. The molecule has 1 aromatic carbocycles. The van der Waals surface area contributed by atoms with Gasteiger partial charge in [0.1, 0.15) is 5.75 Å². The number of quaternary nitrogens is 1. The van der Waals surface area contributed by atoms with Crippen LogP contribution in [0.5, 0.6) is 5.75 Å². The number of methoxy groups -OCH3 is 1. The van der Waals surface area contributed by atoms with Gasteiger partial charge in [-0.3, -0.25) is 9.59 Å². The van der Waals surface area contributed by atoms with Gasteiger partial charge in [0.15, 0.2) is 13.1 Å². The second kappa shape index (κ2) is 9.35. The number of anilines is 1. The summed E-state index contributed by atoms with van der Waals surface area (Å²) in [6.45, 7) is 1.04. The van der Waals surface area contributed by atoms with E-state index in [2.05, 4.69) is 0 Å². The summed E-state index contributed by atoms with van der Waals surface area (Å²) < 4.78 is 5.20. The normalized spacial score (nSPS) is 11.7. The van der Waals surface area contributed by atoms with Crippen LogP contribution in [0.3, 0.4) is 0 Å². The molecule has 7 heteroatoms. The van der Waals surface area contributed by atoms with Crippen molar-refractivity contribution >= 4 is 28.8 Å². The van der Waals surface area contributed by atoms with Gasteiger partial charge in [0.25, 0.3) is 11.8 Å². The Bertz CT molecular complexity index is 714. The van der Waals surface area contributed by atoms with Crippen molar-refractivity contribution in [1.29, 1.82) is 0 Å². The van der Waals surface area contributed by atoms with Gasteiger partial charge in [-0.2, -0.15) is 0 Å². The van der Waals surface area contributed by atoms with E-state index in [9.17, 15) is 9.59 Å². The van der Waals surface area contributed by atoms with Gasteiger partial charge in [0, 0.05) is 24.7 Å². The molecule has 0 bridgehead atoms. The minimum atomic E-state index is -0.0207. The van der Waals surface area contributed by atoms with Crippen LogP contribution in [-0.4, -0.2) is 58.1 Å². The zero-order valence-electron chi connectivity index (χ0n) is 15.7. The van der Waals surface area contributed by atoms with Gasteiger partial charge >= 0.3 is 0 Å². The standard InChI is InChI=1S/C19H25N3O3S/c1-20(2)18(23)13-21(3)14-19(24)22(12-17-6-5-11-26-17)15-7-9-16(25-4)10-8-15/h5-11H,12-14H2,1-4H3/p+1. The number of benzene rings is 1. The lowest BCUT2D eigenvalue weighted by molar-refractivity contribution is -0.862. The second-order valence-electron chi connectivity index (χ2n) is 6.36. The zero-order valence-corrected chi connectivity index (χ0v) is 16.5. The summed E-state index contributed by atoms with van der Waals surface area (Å²) in [5.74, 6) is 0.730. The Morgan fingerprint density at radius 3 is 2.27 bits per heavy atom. The minimum Gasteiger partial charge on any atom is -0.497 e. The van der Waals surface area contributed by atoms with E-state index in [-0.39, 0.29) is 24.9 Å². The van der Waals surface area contributed by atoms with Crippen molar-refractivity contribution in [2.24, 2.45) is 0 Å². The molecule has 2 aromatic rings. The van der Waals surface area contributed by atoms with Gasteiger partial charge in [-0.1, -0.05) is 6.07 Å². The molecule has 0 aliphatic carbocycles. The fourth-order valence-corrected chi connectivity index (χ4v) is 3.17. The highest BCUT2D eigenvalue weighted by molar-refractivity contribution is 7.09. The van der Waals surface area contributed by atoms with E-state index in [4.69, 9.17) is 4.74 Å². The number of hydrogen-bond acceptors (Lipinski definition) is 4.